The number of carbonyl (C=O) groups excluding carboxylic acids is 2. The van der Waals surface area contributed by atoms with E-state index in [2.05, 4.69) is 30.8 Å². The molecule has 2 amide bonds. The van der Waals surface area contributed by atoms with Crippen molar-refractivity contribution in [3.63, 3.8) is 0 Å². The molecule has 1 aliphatic rings. The van der Waals surface area contributed by atoms with E-state index in [0.717, 1.165) is 10.0 Å². The molecule has 0 aliphatic heterocycles. The van der Waals surface area contributed by atoms with Crippen molar-refractivity contribution in [3.8, 4) is 0 Å². The minimum atomic E-state index is -0.777. The highest BCUT2D eigenvalue weighted by Gasteiger charge is 2.33. The second-order valence-corrected chi connectivity index (χ2v) is 7.77. The number of nitrogens with zero attached hydrogens (tertiary/aromatic N) is 4. The number of amides is 2. The van der Waals surface area contributed by atoms with Crippen LogP contribution in [0.5, 0.6) is 0 Å². The van der Waals surface area contributed by atoms with Gasteiger partial charge in [0.05, 0.1) is 18.3 Å². The van der Waals surface area contributed by atoms with Crippen molar-refractivity contribution in [3.05, 3.63) is 34.3 Å². The van der Waals surface area contributed by atoms with E-state index in [4.69, 9.17) is 0 Å². The van der Waals surface area contributed by atoms with Crippen LogP contribution in [0.1, 0.15) is 39.8 Å². The van der Waals surface area contributed by atoms with Crippen LogP contribution < -0.4 is 10.6 Å². The van der Waals surface area contributed by atoms with Gasteiger partial charge in [0.1, 0.15) is 15.7 Å². The predicted molar refractivity (Wildman–Crippen MR) is 98.0 cm³/mol. The van der Waals surface area contributed by atoms with Crippen molar-refractivity contribution in [2.45, 2.75) is 44.8 Å². The van der Waals surface area contributed by atoms with E-state index in [0.29, 0.717) is 32.2 Å². The van der Waals surface area contributed by atoms with Crippen molar-refractivity contribution in [1.29, 1.82) is 0 Å². The van der Waals surface area contributed by atoms with Gasteiger partial charge in [-0.3, -0.25) is 14.6 Å². The zero-order valence-electron chi connectivity index (χ0n) is 15.0. The van der Waals surface area contributed by atoms with Crippen LogP contribution in [-0.4, -0.2) is 55.8 Å². The lowest BCUT2D eigenvalue weighted by molar-refractivity contribution is -0.127. The van der Waals surface area contributed by atoms with Crippen LogP contribution in [0.4, 0.5) is 0 Å². The maximum absolute atomic E-state index is 12.3. The molecule has 2 aromatic rings. The molecule has 3 N–H and O–H groups in total. The van der Waals surface area contributed by atoms with Gasteiger partial charge in [0, 0.05) is 31.3 Å². The summed E-state index contributed by atoms with van der Waals surface area (Å²) in [6.07, 6.45) is 5.62. The van der Waals surface area contributed by atoms with Crippen molar-refractivity contribution < 1.29 is 14.7 Å². The summed E-state index contributed by atoms with van der Waals surface area (Å²) in [6, 6.07) is -0.395. The van der Waals surface area contributed by atoms with Crippen LogP contribution in [0.25, 0.3) is 0 Å². The molecule has 2 aromatic heterocycles. The summed E-state index contributed by atoms with van der Waals surface area (Å²) in [5.74, 6) is -0.711. The Balaban J connectivity index is 1.43. The Morgan fingerprint density at radius 3 is 2.81 bits per heavy atom. The number of hydrogen-bond acceptors (Lipinski definition) is 8. The molecule has 3 atom stereocenters. The van der Waals surface area contributed by atoms with Crippen molar-refractivity contribution in [1.82, 2.24) is 30.8 Å². The summed E-state index contributed by atoms with van der Waals surface area (Å²) in [5.41, 5.74) is 0.205. The Morgan fingerprint density at radius 1 is 1.30 bits per heavy atom. The highest BCUT2D eigenvalue weighted by atomic mass is 32.1. The number of aliphatic hydroxyl groups is 1. The molecule has 0 aromatic carbocycles. The Morgan fingerprint density at radius 2 is 2.15 bits per heavy atom. The predicted octanol–water partition coefficient (Wildman–Crippen LogP) is 0.255. The van der Waals surface area contributed by atoms with Crippen LogP contribution >= 0.6 is 11.3 Å². The molecule has 144 valence electrons. The van der Waals surface area contributed by atoms with Crippen LogP contribution in [0.15, 0.2) is 18.6 Å². The highest BCUT2D eigenvalue weighted by molar-refractivity contribution is 7.11. The second kappa shape index (κ2) is 8.96. The average Bonchev–Trinajstić information content (AvgIpc) is 3.09. The first kappa shape index (κ1) is 19.3. The van der Waals surface area contributed by atoms with Gasteiger partial charge in [-0.15, -0.1) is 21.5 Å². The van der Waals surface area contributed by atoms with E-state index in [1.54, 1.807) is 0 Å². The molecule has 1 fully saturated rings. The third kappa shape index (κ3) is 5.27. The number of nitrogens with one attached hydrogen (secondary N) is 2. The van der Waals surface area contributed by atoms with Gasteiger partial charge in [-0.2, -0.15) is 0 Å². The van der Waals surface area contributed by atoms with Crippen molar-refractivity contribution in [2.24, 2.45) is 5.92 Å². The maximum Gasteiger partial charge on any atom is 0.271 e. The Labute approximate surface area is 160 Å². The van der Waals surface area contributed by atoms with Gasteiger partial charge < -0.3 is 15.7 Å². The SMILES string of the molecule is Cc1nnc(CCNC(=O)[C@H]2CC[C@@H](NC(=O)c3cnccn3)[C@H](O)C2)s1. The average molecular weight is 390 g/mol. The van der Waals surface area contributed by atoms with Crippen LogP contribution in [0.3, 0.4) is 0 Å². The summed E-state index contributed by atoms with van der Waals surface area (Å²) in [4.78, 5) is 32.3. The minimum absolute atomic E-state index is 0.0750. The Hall–Kier alpha value is -2.46. The Kier molecular flexibility index (Phi) is 6.40. The molecule has 0 radical (unpaired) electrons. The minimum Gasteiger partial charge on any atom is -0.391 e. The first-order valence-corrected chi connectivity index (χ1v) is 9.66. The summed E-state index contributed by atoms with van der Waals surface area (Å²) < 4.78 is 0. The number of carbonyl (C=O) groups is 2. The van der Waals surface area contributed by atoms with E-state index in [9.17, 15) is 14.7 Å². The number of hydrogen-bond donors (Lipinski definition) is 3. The zero-order chi connectivity index (χ0) is 19.2. The van der Waals surface area contributed by atoms with Gasteiger partial charge in [0.15, 0.2) is 0 Å². The van der Waals surface area contributed by atoms with E-state index in [1.807, 2.05) is 6.92 Å². The zero-order valence-corrected chi connectivity index (χ0v) is 15.8. The fraction of sp³-hybridized carbons (Fsp3) is 0.529. The van der Waals surface area contributed by atoms with Crippen LogP contribution in [0, 0.1) is 12.8 Å². The molecule has 1 aliphatic carbocycles. The summed E-state index contributed by atoms with van der Waals surface area (Å²) in [7, 11) is 0. The van der Waals surface area contributed by atoms with Gasteiger partial charge in [0.2, 0.25) is 5.91 Å². The first-order valence-electron chi connectivity index (χ1n) is 8.84. The molecule has 0 spiro atoms. The van der Waals surface area contributed by atoms with E-state index < -0.39 is 12.1 Å². The third-order valence-electron chi connectivity index (χ3n) is 4.51. The lowest BCUT2D eigenvalue weighted by Crippen LogP contribution is -2.49. The summed E-state index contributed by atoms with van der Waals surface area (Å²) in [5, 5.41) is 25.8. The Bertz CT molecular complexity index is 784. The monoisotopic (exact) mass is 390 g/mol. The number of aromatic nitrogens is 4. The van der Waals surface area contributed by atoms with E-state index in [1.165, 1.54) is 29.9 Å². The summed E-state index contributed by atoms with van der Waals surface area (Å²) >= 11 is 1.52. The third-order valence-corrected chi connectivity index (χ3v) is 5.40. The van der Waals surface area contributed by atoms with Crippen molar-refractivity contribution >= 4 is 23.2 Å². The van der Waals surface area contributed by atoms with Gasteiger partial charge in [-0.25, -0.2) is 4.98 Å². The normalized spacial score (nSPS) is 22.2. The number of aliphatic hydroxyl groups excluding tert-OH is 1. The molecular formula is C17H22N6O3S. The second-order valence-electron chi connectivity index (χ2n) is 6.50. The quantitative estimate of drug-likeness (QED) is 0.645. The van der Waals surface area contributed by atoms with Gasteiger partial charge in [0.25, 0.3) is 5.91 Å². The molecule has 1 saturated carbocycles. The van der Waals surface area contributed by atoms with Crippen LogP contribution in [0.2, 0.25) is 0 Å². The van der Waals surface area contributed by atoms with Crippen molar-refractivity contribution in [2.75, 3.05) is 6.54 Å². The smallest absolute Gasteiger partial charge is 0.271 e. The number of rotatable bonds is 6. The van der Waals surface area contributed by atoms with E-state index in [-0.39, 0.29) is 23.4 Å². The molecule has 9 nitrogen and oxygen atoms in total. The topological polar surface area (TPSA) is 130 Å². The standard InChI is InChI=1S/C17H22N6O3S/c1-10-22-23-15(27-10)4-5-20-16(25)11-2-3-12(14(24)8-11)21-17(26)13-9-18-6-7-19-13/h6-7,9,11-12,14,24H,2-5,8H2,1H3,(H,20,25)(H,21,26)/t11-,12+,14+/m0/s1. The maximum atomic E-state index is 12.3. The molecule has 0 unspecified atom stereocenters. The molecule has 27 heavy (non-hydrogen) atoms. The van der Waals surface area contributed by atoms with Gasteiger partial charge in [-0.05, 0) is 26.2 Å². The fourth-order valence-electron chi connectivity index (χ4n) is 3.09. The van der Waals surface area contributed by atoms with Gasteiger partial charge in [-0.1, -0.05) is 0 Å². The molecule has 10 heteroatoms. The lowest BCUT2D eigenvalue weighted by atomic mass is 9.83. The molecule has 0 bridgehead atoms. The largest absolute Gasteiger partial charge is 0.391 e. The number of aryl methyl sites for hydroxylation is 1. The van der Waals surface area contributed by atoms with E-state index >= 15 is 0 Å². The van der Waals surface area contributed by atoms with Crippen LogP contribution in [-0.2, 0) is 11.2 Å². The molecule has 0 saturated heterocycles. The summed E-state index contributed by atoms with van der Waals surface area (Å²) in [6.45, 7) is 2.38. The first-order chi connectivity index (χ1) is 13.0. The molecule has 2 heterocycles. The molecular weight excluding hydrogens is 368 g/mol. The van der Waals surface area contributed by atoms with Gasteiger partial charge >= 0.3 is 0 Å². The highest BCUT2D eigenvalue weighted by Crippen LogP contribution is 2.25. The molecule has 3 rings (SSSR count). The lowest BCUT2D eigenvalue weighted by Gasteiger charge is -2.32. The fourth-order valence-corrected chi connectivity index (χ4v) is 3.80.